The molecule has 118 valence electrons. The van der Waals surface area contributed by atoms with E-state index in [1.54, 1.807) is 22.0 Å². The van der Waals surface area contributed by atoms with Crippen LogP contribution in [0.4, 0.5) is 11.4 Å². The van der Waals surface area contributed by atoms with Crippen LogP contribution in [0.1, 0.15) is 0 Å². The van der Waals surface area contributed by atoms with Gasteiger partial charge in [0.05, 0.1) is 11.4 Å². The molecular weight excluding hydrogens is 340 g/mol. The van der Waals surface area contributed by atoms with Gasteiger partial charge in [-0.2, -0.15) is 0 Å². The van der Waals surface area contributed by atoms with E-state index in [0.29, 0.717) is 5.02 Å². The first-order valence-corrected chi connectivity index (χ1v) is 8.69. The van der Waals surface area contributed by atoms with Gasteiger partial charge < -0.3 is 5.32 Å². The van der Waals surface area contributed by atoms with Crippen LogP contribution in [-0.4, -0.2) is 4.57 Å². The van der Waals surface area contributed by atoms with Crippen molar-refractivity contribution in [2.45, 2.75) is 0 Å². The van der Waals surface area contributed by atoms with Crippen LogP contribution >= 0.6 is 22.9 Å². The first-order valence-electron chi connectivity index (χ1n) is 7.44. The summed E-state index contributed by atoms with van der Waals surface area (Å²) in [6, 6.07) is 20.7. The Morgan fingerprint density at radius 3 is 2.58 bits per heavy atom. The second kappa shape index (κ2) is 6.15. The molecule has 0 saturated heterocycles. The smallest absolute Gasteiger partial charge is 0.256 e. The number of nitrogens with one attached hydrogen (secondary N) is 1. The van der Waals surface area contributed by atoms with E-state index in [-0.39, 0.29) is 5.56 Å². The third-order valence-electron chi connectivity index (χ3n) is 3.74. The fraction of sp³-hybridized carbons (Fsp3) is 0. The van der Waals surface area contributed by atoms with Gasteiger partial charge in [0.15, 0.2) is 0 Å². The number of nitrogens with zero attached hydrogens (tertiary/aromatic N) is 1. The van der Waals surface area contributed by atoms with Crippen LogP contribution < -0.4 is 10.9 Å². The number of fused-ring (bicyclic) bond motifs is 1. The number of hydrogen-bond donors (Lipinski definition) is 1. The molecule has 24 heavy (non-hydrogen) atoms. The standard InChI is InChI=1S/C19H13ClN2OS/c20-13-5-4-6-14(11-13)21-17-12-24-19-16(17)9-10-18(23)22(19)15-7-2-1-3-8-15/h1-12,21H. The third-order valence-corrected chi connectivity index (χ3v) is 4.96. The van der Waals surface area contributed by atoms with Crippen molar-refractivity contribution < 1.29 is 0 Å². The highest BCUT2D eigenvalue weighted by molar-refractivity contribution is 7.17. The van der Waals surface area contributed by atoms with E-state index < -0.39 is 0 Å². The molecule has 0 spiro atoms. The normalized spacial score (nSPS) is 10.9. The van der Waals surface area contributed by atoms with Crippen molar-refractivity contribution in [2.24, 2.45) is 0 Å². The number of rotatable bonds is 3. The van der Waals surface area contributed by atoms with E-state index in [1.807, 2.05) is 66.0 Å². The fourth-order valence-electron chi connectivity index (χ4n) is 2.66. The molecule has 2 aromatic heterocycles. The topological polar surface area (TPSA) is 34.0 Å². The van der Waals surface area contributed by atoms with Gasteiger partial charge in [0.1, 0.15) is 4.83 Å². The maximum atomic E-state index is 12.4. The van der Waals surface area contributed by atoms with Crippen LogP contribution in [0.2, 0.25) is 5.02 Å². The number of hydrogen-bond acceptors (Lipinski definition) is 3. The van der Waals surface area contributed by atoms with Gasteiger partial charge >= 0.3 is 0 Å². The average molecular weight is 353 g/mol. The zero-order valence-corrected chi connectivity index (χ0v) is 14.1. The number of aromatic nitrogens is 1. The fourth-order valence-corrected chi connectivity index (χ4v) is 3.87. The Morgan fingerprint density at radius 1 is 0.958 bits per heavy atom. The van der Waals surface area contributed by atoms with Crippen molar-refractivity contribution in [1.82, 2.24) is 4.57 Å². The van der Waals surface area contributed by atoms with Crippen molar-refractivity contribution in [1.29, 1.82) is 0 Å². The van der Waals surface area contributed by atoms with E-state index in [9.17, 15) is 4.79 Å². The van der Waals surface area contributed by atoms with Crippen LogP contribution in [0.15, 0.2) is 76.9 Å². The van der Waals surface area contributed by atoms with Crippen molar-refractivity contribution in [2.75, 3.05) is 5.32 Å². The van der Waals surface area contributed by atoms with Gasteiger partial charge in [-0.05, 0) is 36.4 Å². The summed E-state index contributed by atoms with van der Waals surface area (Å²) in [5.41, 5.74) is 2.70. The van der Waals surface area contributed by atoms with E-state index in [0.717, 1.165) is 27.3 Å². The van der Waals surface area contributed by atoms with Gasteiger partial charge in [-0.25, -0.2) is 0 Å². The van der Waals surface area contributed by atoms with Crippen LogP contribution in [0.5, 0.6) is 0 Å². The van der Waals surface area contributed by atoms with E-state index >= 15 is 0 Å². The lowest BCUT2D eigenvalue weighted by Gasteiger charge is -2.08. The monoisotopic (exact) mass is 352 g/mol. The second-order valence-corrected chi connectivity index (χ2v) is 6.64. The molecule has 0 bridgehead atoms. The Hall–Kier alpha value is -2.56. The summed E-state index contributed by atoms with van der Waals surface area (Å²) in [7, 11) is 0. The molecule has 0 atom stereocenters. The highest BCUT2D eigenvalue weighted by Gasteiger charge is 2.11. The molecule has 0 radical (unpaired) electrons. The molecule has 0 amide bonds. The van der Waals surface area contributed by atoms with Crippen molar-refractivity contribution in [3.8, 4) is 5.69 Å². The molecule has 2 aromatic carbocycles. The molecule has 0 aliphatic carbocycles. The first kappa shape index (κ1) is 15.0. The zero-order valence-electron chi connectivity index (χ0n) is 12.6. The lowest BCUT2D eigenvalue weighted by atomic mass is 10.2. The molecule has 1 N–H and O–H groups in total. The minimum Gasteiger partial charge on any atom is -0.354 e. The summed E-state index contributed by atoms with van der Waals surface area (Å²) in [5.74, 6) is 0. The minimum absolute atomic E-state index is 0.0372. The molecule has 0 aliphatic heterocycles. The summed E-state index contributed by atoms with van der Waals surface area (Å²) in [6.07, 6.45) is 0. The van der Waals surface area contributed by atoms with E-state index in [2.05, 4.69) is 5.32 Å². The van der Waals surface area contributed by atoms with Gasteiger partial charge in [-0.3, -0.25) is 9.36 Å². The second-order valence-electron chi connectivity index (χ2n) is 5.35. The van der Waals surface area contributed by atoms with Crippen molar-refractivity contribution in [3.63, 3.8) is 0 Å². The Morgan fingerprint density at radius 2 is 1.79 bits per heavy atom. The van der Waals surface area contributed by atoms with Crippen LogP contribution in [-0.2, 0) is 0 Å². The van der Waals surface area contributed by atoms with Gasteiger partial charge in [-0.1, -0.05) is 35.9 Å². The molecule has 0 saturated carbocycles. The minimum atomic E-state index is -0.0372. The maximum Gasteiger partial charge on any atom is 0.256 e. The number of thiophene rings is 1. The Balaban J connectivity index is 1.85. The first-order chi connectivity index (χ1) is 11.7. The predicted octanol–water partition coefficient (Wildman–Crippen LogP) is 5.45. The number of para-hydroxylation sites is 1. The predicted molar refractivity (Wildman–Crippen MR) is 102 cm³/mol. The molecule has 4 rings (SSSR count). The zero-order chi connectivity index (χ0) is 16.5. The third kappa shape index (κ3) is 2.70. The molecule has 0 aliphatic rings. The van der Waals surface area contributed by atoms with Crippen LogP contribution in [0, 0.1) is 0 Å². The molecule has 2 heterocycles. The van der Waals surface area contributed by atoms with Gasteiger partial charge in [-0.15, -0.1) is 11.3 Å². The van der Waals surface area contributed by atoms with Crippen molar-refractivity contribution >= 4 is 44.5 Å². The van der Waals surface area contributed by atoms with Crippen LogP contribution in [0.3, 0.4) is 0 Å². The van der Waals surface area contributed by atoms with Gasteiger partial charge in [0.2, 0.25) is 0 Å². The molecule has 0 fully saturated rings. The summed E-state index contributed by atoms with van der Waals surface area (Å²) in [6.45, 7) is 0. The number of benzene rings is 2. The molecule has 3 nitrogen and oxygen atoms in total. The summed E-state index contributed by atoms with van der Waals surface area (Å²) >= 11 is 7.59. The van der Waals surface area contributed by atoms with Gasteiger partial charge in [0.25, 0.3) is 5.56 Å². The molecular formula is C19H13ClN2OS. The van der Waals surface area contributed by atoms with Crippen LogP contribution in [0.25, 0.3) is 15.9 Å². The number of pyridine rings is 1. The largest absolute Gasteiger partial charge is 0.354 e. The maximum absolute atomic E-state index is 12.4. The highest BCUT2D eigenvalue weighted by Crippen LogP contribution is 2.33. The summed E-state index contributed by atoms with van der Waals surface area (Å²) in [4.78, 5) is 13.3. The lowest BCUT2D eigenvalue weighted by Crippen LogP contribution is -2.16. The molecule has 4 aromatic rings. The SMILES string of the molecule is O=c1ccc2c(Nc3cccc(Cl)c3)csc2n1-c1ccccc1. The average Bonchev–Trinajstić information content (AvgIpc) is 2.98. The number of anilines is 2. The quantitative estimate of drug-likeness (QED) is 0.532. The van der Waals surface area contributed by atoms with E-state index in [4.69, 9.17) is 11.6 Å². The molecule has 0 unspecified atom stereocenters. The Kier molecular flexibility index (Phi) is 3.84. The van der Waals surface area contributed by atoms with E-state index in [1.165, 1.54) is 0 Å². The number of halogens is 1. The summed E-state index contributed by atoms with van der Waals surface area (Å²) in [5, 5.41) is 7.08. The Labute approximate surface area is 147 Å². The van der Waals surface area contributed by atoms with Gasteiger partial charge in [0, 0.05) is 27.5 Å². The highest BCUT2D eigenvalue weighted by atomic mass is 35.5. The Bertz CT molecular complexity index is 1070. The summed E-state index contributed by atoms with van der Waals surface area (Å²) < 4.78 is 1.74. The molecule has 5 heteroatoms. The van der Waals surface area contributed by atoms with Crippen molar-refractivity contribution in [3.05, 3.63) is 87.5 Å². The lowest BCUT2D eigenvalue weighted by molar-refractivity contribution is 1.06.